The molecule has 0 amide bonds. The Morgan fingerprint density at radius 2 is 2.00 bits per heavy atom. The maximum atomic E-state index is 6.10. The third kappa shape index (κ3) is 2.80. The highest BCUT2D eigenvalue weighted by Gasteiger charge is 2.22. The van der Waals surface area contributed by atoms with Gasteiger partial charge in [-0.1, -0.05) is 35.3 Å². The maximum absolute atomic E-state index is 6.10. The van der Waals surface area contributed by atoms with Crippen molar-refractivity contribution in [3.8, 4) is 5.75 Å². The fourth-order valence-corrected chi connectivity index (χ4v) is 2.63. The van der Waals surface area contributed by atoms with Crippen LogP contribution in [0.15, 0.2) is 42.5 Å². The number of anilines is 1. The molecule has 0 aliphatic carbocycles. The Morgan fingerprint density at radius 1 is 1.16 bits per heavy atom. The van der Waals surface area contributed by atoms with Gasteiger partial charge in [-0.3, -0.25) is 0 Å². The molecule has 1 N–H and O–H groups in total. The molecule has 1 aliphatic heterocycles. The molecule has 0 saturated heterocycles. The molecule has 1 unspecified atom stereocenters. The molecule has 0 aromatic heterocycles. The minimum Gasteiger partial charge on any atom is -0.488 e. The molecule has 19 heavy (non-hydrogen) atoms. The Balaban J connectivity index is 1.63. The molecule has 0 radical (unpaired) electrons. The van der Waals surface area contributed by atoms with Gasteiger partial charge in [0.05, 0.1) is 17.3 Å². The van der Waals surface area contributed by atoms with Crippen LogP contribution in [0.25, 0.3) is 0 Å². The molecule has 0 bridgehead atoms. The molecule has 0 saturated carbocycles. The highest BCUT2D eigenvalue weighted by molar-refractivity contribution is 6.33. The first-order chi connectivity index (χ1) is 9.22. The van der Waals surface area contributed by atoms with Gasteiger partial charge in [0.25, 0.3) is 0 Å². The molecule has 0 fully saturated rings. The predicted octanol–water partition coefficient (Wildman–Crippen LogP) is 4.41. The van der Waals surface area contributed by atoms with E-state index in [2.05, 4.69) is 5.32 Å². The first-order valence-electron chi connectivity index (χ1n) is 6.16. The highest BCUT2D eigenvalue weighted by atomic mass is 35.5. The van der Waals surface area contributed by atoms with E-state index in [9.17, 15) is 0 Å². The molecule has 3 rings (SSSR count). The van der Waals surface area contributed by atoms with E-state index in [-0.39, 0.29) is 6.10 Å². The Labute approximate surface area is 122 Å². The van der Waals surface area contributed by atoms with E-state index < -0.39 is 0 Å². The van der Waals surface area contributed by atoms with Crippen molar-refractivity contribution in [1.82, 2.24) is 0 Å². The maximum Gasteiger partial charge on any atom is 0.123 e. The van der Waals surface area contributed by atoms with Gasteiger partial charge < -0.3 is 10.1 Å². The Hall–Kier alpha value is -1.38. The lowest BCUT2D eigenvalue weighted by Crippen LogP contribution is -2.24. The number of ether oxygens (including phenoxy) is 1. The zero-order chi connectivity index (χ0) is 13.2. The van der Waals surface area contributed by atoms with Gasteiger partial charge in [-0.2, -0.15) is 0 Å². The van der Waals surface area contributed by atoms with Gasteiger partial charge in [0, 0.05) is 11.4 Å². The van der Waals surface area contributed by atoms with Crippen molar-refractivity contribution in [2.75, 3.05) is 11.9 Å². The largest absolute Gasteiger partial charge is 0.488 e. The van der Waals surface area contributed by atoms with Crippen molar-refractivity contribution < 1.29 is 4.74 Å². The first kappa shape index (κ1) is 12.6. The van der Waals surface area contributed by atoms with Crippen molar-refractivity contribution >= 4 is 28.9 Å². The molecule has 2 aromatic carbocycles. The zero-order valence-corrected chi connectivity index (χ0v) is 11.7. The topological polar surface area (TPSA) is 21.3 Å². The summed E-state index contributed by atoms with van der Waals surface area (Å²) >= 11 is 12.1. The van der Waals surface area contributed by atoms with Gasteiger partial charge in [0.1, 0.15) is 11.9 Å². The Morgan fingerprint density at radius 3 is 2.84 bits per heavy atom. The number of rotatable bonds is 3. The van der Waals surface area contributed by atoms with Crippen molar-refractivity contribution in [3.05, 3.63) is 58.1 Å². The zero-order valence-electron chi connectivity index (χ0n) is 10.2. The lowest BCUT2D eigenvalue weighted by Gasteiger charge is -2.13. The molecule has 1 heterocycles. The van der Waals surface area contributed by atoms with Crippen LogP contribution in [0.2, 0.25) is 10.0 Å². The number of hydrogen-bond acceptors (Lipinski definition) is 2. The van der Waals surface area contributed by atoms with Crippen molar-refractivity contribution in [2.24, 2.45) is 0 Å². The van der Waals surface area contributed by atoms with E-state index in [1.54, 1.807) is 0 Å². The monoisotopic (exact) mass is 293 g/mol. The number of hydrogen-bond donors (Lipinski definition) is 1. The average Bonchev–Trinajstić information content (AvgIpc) is 2.79. The number of para-hydroxylation sites is 1. The minimum atomic E-state index is 0.115. The predicted molar refractivity (Wildman–Crippen MR) is 79.5 cm³/mol. The molecule has 2 aromatic rings. The number of halogens is 2. The van der Waals surface area contributed by atoms with Gasteiger partial charge in [0.15, 0.2) is 0 Å². The van der Waals surface area contributed by atoms with Gasteiger partial charge in [-0.15, -0.1) is 0 Å². The van der Waals surface area contributed by atoms with Gasteiger partial charge >= 0.3 is 0 Å². The quantitative estimate of drug-likeness (QED) is 0.905. The smallest absolute Gasteiger partial charge is 0.123 e. The summed E-state index contributed by atoms with van der Waals surface area (Å²) in [5.74, 6) is 0.926. The van der Waals surface area contributed by atoms with E-state index in [1.165, 1.54) is 5.56 Å². The van der Waals surface area contributed by atoms with Crippen molar-refractivity contribution in [1.29, 1.82) is 0 Å². The van der Waals surface area contributed by atoms with E-state index in [0.717, 1.165) is 34.4 Å². The molecule has 1 atom stereocenters. The average molecular weight is 294 g/mol. The van der Waals surface area contributed by atoms with E-state index in [0.29, 0.717) is 0 Å². The third-order valence-electron chi connectivity index (χ3n) is 3.16. The van der Waals surface area contributed by atoms with Crippen molar-refractivity contribution in [2.45, 2.75) is 12.5 Å². The summed E-state index contributed by atoms with van der Waals surface area (Å²) in [6.45, 7) is 0.718. The van der Waals surface area contributed by atoms with Crippen LogP contribution in [0, 0.1) is 0 Å². The van der Waals surface area contributed by atoms with E-state index in [4.69, 9.17) is 27.9 Å². The fourth-order valence-electron chi connectivity index (χ4n) is 2.23. The van der Waals surface area contributed by atoms with Crippen LogP contribution in [-0.2, 0) is 6.42 Å². The molecule has 1 aliphatic rings. The van der Waals surface area contributed by atoms with Crippen LogP contribution < -0.4 is 10.1 Å². The SMILES string of the molecule is Clc1ccc2c(c1)CC(CNc1ccccc1Cl)O2. The van der Waals surface area contributed by atoms with Crippen LogP contribution in [0.4, 0.5) is 5.69 Å². The molecule has 0 spiro atoms. The fraction of sp³-hybridized carbons (Fsp3) is 0.200. The minimum absolute atomic E-state index is 0.115. The summed E-state index contributed by atoms with van der Waals surface area (Å²) in [6.07, 6.45) is 0.984. The van der Waals surface area contributed by atoms with Gasteiger partial charge in [-0.05, 0) is 35.9 Å². The Bertz CT molecular complexity index is 600. The molecular formula is C15H13Cl2NO. The number of benzene rings is 2. The standard InChI is InChI=1S/C15H13Cl2NO/c16-11-5-6-15-10(7-11)8-12(19-15)9-18-14-4-2-1-3-13(14)17/h1-7,12,18H,8-9H2. The molecule has 2 nitrogen and oxygen atoms in total. The van der Waals surface area contributed by atoms with Crippen LogP contribution >= 0.6 is 23.2 Å². The van der Waals surface area contributed by atoms with Crippen LogP contribution in [-0.4, -0.2) is 12.6 Å². The van der Waals surface area contributed by atoms with E-state index in [1.807, 2.05) is 42.5 Å². The van der Waals surface area contributed by atoms with Gasteiger partial charge in [-0.25, -0.2) is 0 Å². The summed E-state index contributed by atoms with van der Waals surface area (Å²) in [5.41, 5.74) is 2.10. The second kappa shape index (κ2) is 5.32. The number of fused-ring (bicyclic) bond motifs is 1. The second-order valence-corrected chi connectivity index (χ2v) is 5.40. The summed E-state index contributed by atoms with van der Waals surface area (Å²) in [4.78, 5) is 0. The van der Waals surface area contributed by atoms with Crippen molar-refractivity contribution in [3.63, 3.8) is 0 Å². The lowest BCUT2D eigenvalue weighted by molar-refractivity contribution is 0.246. The molecule has 4 heteroatoms. The Kier molecular flexibility index (Phi) is 3.54. The molecule has 98 valence electrons. The summed E-state index contributed by atoms with van der Waals surface area (Å²) in [6, 6.07) is 13.4. The normalized spacial score (nSPS) is 16.8. The molecular weight excluding hydrogens is 281 g/mol. The first-order valence-corrected chi connectivity index (χ1v) is 6.91. The number of nitrogens with one attached hydrogen (secondary N) is 1. The van der Waals surface area contributed by atoms with Crippen LogP contribution in [0.5, 0.6) is 5.75 Å². The summed E-state index contributed by atoms with van der Waals surface area (Å²) in [7, 11) is 0. The van der Waals surface area contributed by atoms with Crippen LogP contribution in [0.3, 0.4) is 0 Å². The second-order valence-electron chi connectivity index (χ2n) is 4.56. The van der Waals surface area contributed by atoms with Gasteiger partial charge in [0.2, 0.25) is 0 Å². The van der Waals surface area contributed by atoms with Crippen LogP contribution in [0.1, 0.15) is 5.56 Å². The summed E-state index contributed by atoms with van der Waals surface area (Å²) < 4.78 is 5.86. The third-order valence-corrected chi connectivity index (χ3v) is 3.72. The summed E-state index contributed by atoms with van der Waals surface area (Å²) in [5, 5.41) is 4.79. The van der Waals surface area contributed by atoms with E-state index >= 15 is 0 Å². The lowest BCUT2D eigenvalue weighted by atomic mass is 10.1. The highest BCUT2D eigenvalue weighted by Crippen LogP contribution is 2.31.